The zero-order valence-electron chi connectivity index (χ0n) is 12.2. The van der Waals surface area contributed by atoms with E-state index in [9.17, 15) is 9.59 Å². The molecule has 1 aliphatic carbocycles. The van der Waals surface area contributed by atoms with Gasteiger partial charge in [0.2, 0.25) is 0 Å². The third-order valence-corrected chi connectivity index (χ3v) is 3.56. The fourth-order valence-corrected chi connectivity index (χ4v) is 2.12. The van der Waals surface area contributed by atoms with Crippen molar-refractivity contribution in [2.75, 3.05) is 6.61 Å². The Labute approximate surface area is 121 Å². The molecule has 4 nitrogen and oxygen atoms in total. The Morgan fingerprint density at radius 1 is 1.20 bits per heavy atom. The van der Waals surface area contributed by atoms with Crippen LogP contribution in [0, 0.1) is 12.3 Å². The second kappa shape index (κ2) is 10.3. The van der Waals surface area contributed by atoms with E-state index in [2.05, 4.69) is 11.2 Å². The summed E-state index contributed by atoms with van der Waals surface area (Å²) in [6.45, 7) is 0.434. The highest BCUT2D eigenvalue weighted by molar-refractivity contribution is 5.92. The molecule has 1 rings (SSSR count). The van der Waals surface area contributed by atoms with Gasteiger partial charge >= 0.3 is 6.09 Å². The van der Waals surface area contributed by atoms with Gasteiger partial charge in [-0.1, -0.05) is 32.1 Å². The van der Waals surface area contributed by atoms with Crippen LogP contribution in [0.5, 0.6) is 0 Å². The molecule has 0 heterocycles. The highest BCUT2D eigenvalue weighted by Crippen LogP contribution is 2.14. The van der Waals surface area contributed by atoms with Crippen LogP contribution in [0.25, 0.3) is 0 Å². The minimum atomic E-state index is -0.461. The summed E-state index contributed by atoms with van der Waals surface area (Å²) in [5.41, 5.74) is 0. The zero-order valence-corrected chi connectivity index (χ0v) is 12.2. The number of alkyl carbamates (subject to hydrolysis) is 1. The summed E-state index contributed by atoms with van der Waals surface area (Å²) in [4.78, 5) is 22.4. The van der Waals surface area contributed by atoms with Gasteiger partial charge in [-0.05, 0) is 19.3 Å². The van der Waals surface area contributed by atoms with Crippen molar-refractivity contribution in [3.63, 3.8) is 0 Å². The Bertz CT molecular complexity index is 346. The van der Waals surface area contributed by atoms with Gasteiger partial charge < -0.3 is 10.1 Å². The minimum Gasteiger partial charge on any atom is -0.450 e. The molecule has 1 N–H and O–H groups in total. The molecule has 0 saturated heterocycles. The molecule has 0 unspecified atom stereocenters. The van der Waals surface area contributed by atoms with Crippen molar-refractivity contribution in [1.82, 2.24) is 5.32 Å². The van der Waals surface area contributed by atoms with Crippen molar-refractivity contribution in [3.8, 4) is 12.3 Å². The highest BCUT2D eigenvalue weighted by atomic mass is 16.5. The number of ketones is 1. The summed E-state index contributed by atoms with van der Waals surface area (Å²) in [5.74, 6) is 2.75. The molecule has 1 aliphatic rings. The zero-order chi connectivity index (χ0) is 14.6. The van der Waals surface area contributed by atoms with E-state index < -0.39 is 6.09 Å². The van der Waals surface area contributed by atoms with Gasteiger partial charge in [0.1, 0.15) is 0 Å². The van der Waals surface area contributed by atoms with Gasteiger partial charge in [0.15, 0.2) is 5.78 Å². The van der Waals surface area contributed by atoms with Gasteiger partial charge in [0, 0.05) is 12.8 Å². The molecule has 0 spiro atoms. The van der Waals surface area contributed by atoms with Gasteiger partial charge in [0.05, 0.1) is 12.6 Å². The minimum absolute atomic E-state index is 0.104. The molecule has 0 radical (unpaired) electrons. The fourth-order valence-electron chi connectivity index (χ4n) is 2.12. The first kappa shape index (κ1) is 16.6. The van der Waals surface area contributed by atoms with Crippen LogP contribution in [0.3, 0.4) is 0 Å². The number of ether oxygens (including phenoxy) is 1. The molecule has 20 heavy (non-hydrogen) atoms. The number of hydrogen-bond acceptors (Lipinski definition) is 3. The predicted octanol–water partition coefficient (Wildman–Crippen LogP) is 3.20. The molecule has 1 atom stereocenters. The Kier molecular flexibility index (Phi) is 8.53. The quantitative estimate of drug-likeness (QED) is 0.493. The van der Waals surface area contributed by atoms with Crippen LogP contribution in [-0.2, 0) is 9.53 Å². The van der Waals surface area contributed by atoms with E-state index in [1.807, 2.05) is 0 Å². The number of carbonyl (C=O) groups is 2. The van der Waals surface area contributed by atoms with Crippen LogP contribution in [0.4, 0.5) is 4.79 Å². The van der Waals surface area contributed by atoms with Gasteiger partial charge in [-0.2, -0.15) is 0 Å². The smallest absolute Gasteiger partial charge is 0.407 e. The molecule has 0 aromatic rings. The van der Waals surface area contributed by atoms with E-state index in [0.29, 0.717) is 13.0 Å². The number of terminal acetylenes is 1. The normalized spacial score (nSPS) is 17.1. The SMILES string of the molecule is C#CCCCCCCCCCOC(=O)N[C@H]1CCC1=O. The second-order valence-corrected chi connectivity index (χ2v) is 5.27. The third-order valence-electron chi connectivity index (χ3n) is 3.56. The van der Waals surface area contributed by atoms with Gasteiger partial charge in [0.25, 0.3) is 0 Å². The average molecular weight is 279 g/mol. The lowest BCUT2D eigenvalue weighted by Crippen LogP contribution is -2.47. The van der Waals surface area contributed by atoms with Crippen LogP contribution >= 0.6 is 0 Å². The summed E-state index contributed by atoms with van der Waals surface area (Å²) in [7, 11) is 0. The fraction of sp³-hybridized carbons (Fsp3) is 0.750. The number of Topliss-reactive ketones (excluding diaryl/α,β-unsaturated/α-hetero) is 1. The first-order valence-electron chi connectivity index (χ1n) is 7.63. The number of rotatable bonds is 10. The van der Waals surface area contributed by atoms with E-state index in [0.717, 1.165) is 32.1 Å². The first-order valence-corrected chi connectivity index (χ1v) is 7.63. The number of hydrogen-bond donors (Lipinski definition) is 1. The molecule has 1 fully saturated rings. The van der Waals surface area contributed by atoms with Crippen LogP contribution < -0.4 is 5.32 Å². The molecule has 0 aromatic carbocycles. The van der Waals surface area contributed by atoms with Crippen LogP contribution in [0.2, 0.25) is 0 Å². The number of carbonyl (C=O) groups excluding carboxylic acids is 2. The van der Waals surface area contributed by atoms with E-state index in [1.165, 1.54) is 25.7 Å². The molecule has 1 saturated carbocycles. The molecule has 4 heteroatoms. The van der Waals surface area contributed by atoms with Crippen LogP contribution in [0.1, 0.15) is 64.2 Å². The number of nitrogens with one attached hydrogen (secondary N) is 1. The summed E-state index contributed by atoms with van der Waals surface area (Å²) in [6.07, 6.45) is 14.8. The maximum absolute atomic E-state index is 11.3. The third kappa shape index (κ3) is 7.18. The van der Waals surface area contributed by atoms with Crippen molar-refractivity contribution in [1.29, 1.82) is 0 Å². The molecule has 1 amide bonds. The highest BCUT2D eigenvalue weighted by Gasteiger charge is 2.29. The molecular formula is C16H25NO3. The van der Waals surface area contributed by atoms with Crippen LogP contribution in [0.15, 0.2) is 0 Å². The standard InChI is InChI=1S/C16H25NO3/c1-2-3-4-5-6-7-8-9-10-13-20-16(19)17-14-11-12-15(14)18/h1,14H,3-13H2,(H,17,19)/t14-/m0/s1. The molecular weight excluding hydrogens is 254 g/mol. The van der Waals surface area contributed by atoms with E-state index in [-0.39, 0.29) is 11.8 Å². The molecule has 0 bridgehead atoms. The lowest BCUT2D eigenvalue weighted by atomic mass is 9.91. The van der Waals surface area contributed by atoms with Gasteiger partial charge in [-0.25, -0.2) is 4.79 Å². The van der Waals surface area contributed by atoms with E-state index in [1.54, 1.807) is 0 Å². The molecule has 0 aliphatic heterocycles. The average Bonchev–Trinajstić information content (AvgIpc) is 2.45. The summed E-state index contributed by atoms with van der Waals surface area (Å²) >= 11 is 0. The first-order chi connectivity index (χ1) is 9.74. The summed E-state index contributed by atoms with van der Waals surface area (Å²) < 4.78 is 5.03. The molecule has 0 aromatic heterocycles. The second-order valence-electron chi connectivity index (χ2n) is 5.27. The van der Waals surface area contributed by atoms with Crippen molar-refractivity contribution in [2.45, 2.75) is 70.3 Å². The lowest BCUT2D eigenvalue weighted by molar-refractivity contribution is -0.126. The summed E-state index contributed by atoms with van der Waals surface area (Å²) in [6, 6.07) is -0.300. The van der Waals surface area contributed by atoms with Crippen molar-refractivity contribution in [2.24, 2.45) is 0 Å². The van der Waals surface area contributed by atoms with Crippen molar-refractivity contribution >= 4 is 11.9 Å². The Morgan fingerprint density at radius 3 is 2.40 bits per heavy atom. The maximum Gasteiger partial charge on any atom is 0.407 e. The monoisotopic (exact) mass is 279 g/mol. The predicted molar refractivity (Wildman–Crippen MR) is 78.3 cm³/mol. The topological polar surface area (TPSA) is 55.4 Å². The molecule has 112 valence electrons. The van der Waals surface area contributed by atoms with Crippen LogP contribution in [-0.4, -0.2) is 24.5 Å². The van der Waals surface area contributed by atoms with E-state index >= 15 is 0 Å². The largest absolute Gasteiger partial charge is 0.450 e. The van der Waals surface area contributed by atoms with E-state index in [4.69, 9.17) is 11.2 Å². The lowest BCUT2D eigenvalue weighted by Gasteiger charge is -2.24. The van der Waals surface area contributed by atoms with Crippen molar-refractivity contribution < 1.29 is 14.3 Å². The summed E-state index contributed by atoms with van der Waals surface area (Å²) in [5, 5.41) is 2.57. The Morgan fingerprint density at radius 2 is 1.85 bits per heavy atom. The van der Waals surface area contributed by atoms with Gasteiger partial charge in [-0.15, -0.1) is 12.3 Å². The van der Waals surface area contributed by atoms with Crippen molar-refractivity contribution in [3.05, 3.63) is 0 Å². The number of unbranched alkanes of at least 4 members (excludes halogenated alkanes) is 7. The maximum atomic E-state index is 11.3. The Balaban J connectivity index is 1.81. The Hall–Kier alpha value is -1.50. The number of amides is 1. The van der Waals surface area contributed by atoms with Gasteiger partial charge in [-0.3, -0.25) is 4.79 Å².